The second-order valence-electron chi connectivity index (χ2n) is 9.86. The number of benzene rings is 1. The molecule has 2 aliphatic rings. The Hall–Kier alpha value is -3.14. The van der Waals surface area contributed by atoms with Crippen LogP contribution in [0.5, 0.6) is 0 Å². The van der Waals surface area contributed by atoms with Crippen molar-refractivity contribution in [1.29, 1.82) is 0 Å². The van der Waals surface area contributed by atoms with Crippen LogP contribution in [0.2, 0.25) is 0 Å². The Morgan fingerprint density at radius 1 is 1.08 bits per heavy atom. The maximum Gasteiger partial charge on any atom is 0.416 e. The highest BCUT2D eigenvalue weighted by atomic mass is 19.4. The number of carbonyl (C=O) groups is 2. The number of amides is 2. The zero-order valence-corrected chi connectivity index (χ0v) is 20.4. The van der Waals surface area contributed by atoms with E-state index in [1.54, 1.807) is 11.6 Å². The fraction of sp³-hybridized carbons (Fsp3) is 0.500. The molecule has 1 aliphatic carbocycles. The fourth-order valence-corrected chi connectivity index (χ4v) is 5.19. The van der Waals surface area contributed by atoms with Crippen molar-refractivity contribution in [2.24, 2.45) is 7.05 Å². The summed E-state index contributed by atoms with van der Waals surface area (Å²) < 4.78 is 40.1. The molecule has 1 saturated heterocycles. The number of nitrogens with zero attached hydrogens (tertiary/aromatic N) is 2. The van der Waals surface area contributed by atoms with Crippen molar-refractivity contribution in [3.8, 4) is 0 Å². The first-order chi connectivity index (χ1) is 17.0. The monoisotopic (exact) mass is 504 g/mol. The van der Waals surface area contributed by atoms with E-state index in [4.69, 9.17) is 0 Å². The minimum absolute atomic E-state index is 0.00743. The molecule has 2 fully saturated rings. The first-order valence-electron chi connectivity index (χ1n) is 12.2. The summed E-state index contributed by atoms with van der Waals surface area (Å²) in [6, 6.07) is 6.57. The molecule has 0 atom stereocenters. The van der Waals surface area contributed by atoms with Gasteiger partial charge in [0.15, 0.2) is 0 Å². The van der Waals surface area contributed by atoms with E-state index >= 15 is 0 Å². The van der Waals surface area contributed by atoms with Gasteiger partial charge in [0.1, 0.15) is 0 Å². The molecule has 7 nitrogen and oxygen atoms in total. The second-order valence-corrected chi connectivity index (χ2v) is 9.86. The molecule has 194 valence electrons. The molecule has 0 radical (unpaired) electrons. The zero-order chi connectivity index (χ0) is 26.0. The van der Waals surface area contributed by atoms with E-state index < -0.39 is 17.6 Å². The maximum absolute atomic E-state index is 12.8. The SMILES string of the molecule is Cc1cc(C2CCC(N3CC(NC(=O)CNC(=O)c4cccc(C(F)(F)F)c4)C3)CC2)cn(C)c1=O. The number of hydrogen-bond acceptors (Lipinski definition) is 4. The molecule has 1 aliphatic heterocycles. The van der Waals surface area contributed by atoms with Crippen LogP contribution in [0, 0.1) is 6.92 Å². The number of hydrogen-bond donors (Lipinski definition) is 2. The Kier molecular flexibility index (Phi) is 7.54. The summed E-state index contributed by atoms with van der Waals surface area (Å²) in [4.78, 5) is 38.7. The summed E-state index contributed by atoms with van der Waals surface area (Å²) in [6.45, 7) is 3.03. The Bertz CT molecular complexity index is 1150. The second kappa shape index (κ2) is 10.5. The van der Waals surface area contributed by atoms with E-state index in [0.717, 1.165) is 62.5 Å². The molecule has 1 aromatic carbocycles. The highest BCUT2D eigenvalue weighted by molar-refractivity contribution is 5.96. The van der Waals surface area contributed by atoms with Crippen LogP contribution in [-0.2, 0) is 18.0 Å². The van der Waals surface area contributed by atoms with Gasteiger partial charge in [-0.3, -0.25) is 19.3 Å². The van der Waals surface area contributed by atoms with Gasteiger partial charge < -0.3 is 15.2 Å². The van der Waals surface area contributed by atoms with E-state index in [0.29, 0.717) is 12.0 Å². The minimum atomic E-state index is -4.54. The van der Waals surface area contributed by atoms with Crippen molar-refractivity contribution < 1.29 is 22.8 Å². The molecule has 2 N–H and O–H groups in total. The Morgan fingerprint density at radius 2 is 1.78 bits per heavy atom. The van der Waals surface area contributed by atoms with E-state index in [9.17, 15) is 27.6 Å². The van der Waals surface area contributed by atoms with Crippen LogP contribution in [0.1, 0.15) is 58.6 Å². The lowest BCUT2D eigenvalue weighted by Crippen LogP contribution is -2.63. The normalized spacial score (nSPS) is 21.0. The summed E-state index contributed by atoms with van der Waals surface area (Å²) >= 11 is 0. The molecule has 2 aromatic rings. The third kappa shape index (κ3) is 5.98. The van der Waals surface area contributed by atoms with Crippen LogP contribution in [-0.4, -0.2) is 53.0 Å². The molecule has 1 aromatic heterocycles. The van der Waals surface area contributed by atoms with Crippen molar-refractivity contribution in [3.05, 3.63) is 69.1 Å². The van der Waals surface area contributed by atoms with Crippen molar-refractivity contribution >= 4 is 11.8 Å². The van der Waals surface area contributed by atoms with E-state index in [1.165, 1.54) is 11.6 Å². The number of carbonyl (C=O) groups excluding carboxylic acids is 2. The quantitative estimate of drug-likeness (QED) is 0.634. The smallest absolute Gasteiger partial charge is 0.349 e. The highest BCUT2D eigenvalue weighted by Crippen LogP contribution is 2.36. The number of aryl methyl sites for hydroxylation is 2. The van der Waals surface area contributed by atoms with Crippen molar-refractivity contribution in [2.45, 2.75) is 56.8 Å². The molecular formula is C26H31F3N4O3. The van der Waals surface area contributed by atoms with Gasteiger partial charge in [-0.15, -0.1) is 0 Å². The van der Waals surface area contributed by atoms with Gasteiger partial charge in [-0.05, 0) is 68.4 Å². The molecule has 0 bridgehead atoms. The molecule has 0 spiro atoms. The zero-order valence-electron chi connectivity index (χ0n) is 20.4. The lowest BCUT2D eigenvalue weighted by atomic mass is 9.80. The molecule has 4 rings (SSSR count). The van der Waals surface area contributed by atoms with Crippen molar-refractivity contribution in [2.75, 3.05) is 19.6 Å². The van der Waals surface area contributed by atoms with E-state index in [1.807, 2.05) is 19.2 Å². The summed E-state index contributed by atoms with van der Waals surface area (Å²) in [7, 11) is 1.79. The lowest BCUT2D eigenvalue weighted by Gasteiger charge is -2.46. The largest absolute Gasteiger partial charge is 0.416 e. The van der Waals surface area contributed by atoms with E-state index in [-0.39, 0.29) is 29.6 Å². The van der Waals surface area contributed by atoms with Gasteiger partial charge in [-0.2, -0.15) is 13.2 Å². The van der Waals surface area contributed by atoms with Crippen LogP contribution >= 0.6 is 0 Å². The Balaban J connectivity index is 1.18. The van der Waals surface area contributed by atoms with Crippen LogP contribution in [0.25, 0.3) is 0 Å². The van der Waals surface area contributed by atoms with Crippen molar-refractivity contribution in [3.63, 3.8) is 0 Å². The van der Waals surface area contributed by atoms with Crippen molar-refractivity contribution in [1.82, 2.24) is 20.1 Å². The number of halogens is 3. The Labute approximate surface area is 207 Å². The average Bonchev–Trinajstić information content (AvgIpc) is 2.82. The molecule has 36 heavy (non-hydrogen) atoms. The maximum atomic E-state index is 12.8. The van der Waals surface area contributed by atoms with Crippen LogP contribution in [0.15, 0.2) is 41.3 Å². The summed E-state index contributed by atoms with van der Waals surface area (Å²) in [5.41, 5.74) is 0.971. The predicted molar refractivity (Wildman–Crippen MR) is 129 cm³/mol. The minimum Gasteiger partial charge on any atom is -0.349 e. The molecule has 0 unspecified atom stereocenters. The molecule has 2 amide bonds. The third-order valence-electron chi connectivity index (χ3n) is 7.20. The molecule has 2 heterocycles. The third-order valence-corrected chi connectivity index (χ3v) is 7.20. The van der Waals surface area contributed by atoms with Gasteiger partial charge in [0.05, 0.1) is 18.2 Å². The fourth-order valence-electron chi connectivity index (χ4n) is 5.19. The number of pyridine rings is 1. The number of aromatic nitrogens is 1. The van der Waals surface area contributed by atoms with Gasteiger partial charge in [0.2, 0.25) is 5.91 Å². The number of likely N-dealkylation sites (tertiary alicyclic amines) is 1. The first kappa shape index (κ1) is 25.9. The van der Waals surface area contributed by atoms with Gasteiger partial charge in [-0.25, -0.2) is 0 Å². The summed E-state index contributed by atoms with van der Waals surface area (Å²) in [6.07, 6.45) is 1.63. The summed E-state index contributed by atoms with van der Waals surface area (Å²) in [5.74, 6) is -0.644. The highest BCUT2D eigenvalue weighted by Gasteiger charge is 2.35. The standard InChI is InChI=1S/C26H31F3N4O3/c1-16-10-19(13-32(2)25(16)36)17-6-8-22(9-7-17)33-14-21(15-33)31-23(34)12-30-24(35)18-4-3-5-20(11-18)26(27,28)29/h3-5,10-11,13,17,21-22H,6-9,12,14-15H2,1-2H3,(H,30,35)(H,31,34). The molecular weight excluding hydrogens is 473 g/mol. The number of nitrogens with one attached hydrogen (secondary N) is 2. The number of alkyl halides is 3. The summed E-state index contributed by atoms with van der Waals surface area (Å²) in [5, 5.41) is 5.26. The van der Waals surface area contributed by atoms with Crippen LogP contribution in [0.3, 0.4) is 0 Å². The predicted octanol–water partition coefficient (Wildman–Crippen LogP) is 2.97. The van der Waals surface area contributed by atoms with Gasteiger partial charge >= 0.3 is 6.18 Å². The van der Waals surface area contributed by atoms with Gasteiger partial charge in [-0.1, -0.05) is 6.07 Å². The lowest BCUT2D eigenvalue weighted by molar-refractivity contribution is -0.137. The molecule has 10 heteroatoms. The first-order valence-corrected chi connectivity index (χ1v) is 12.2. The van der Waals surface area contributed by atoms with Crippen LogP contribution in [0.4, 0.5) is 13.2 Å². The average molecular weight is 505 g/mol. The van der Waals surface area contributed by atoms with Crippen LogP contribution < -0.4 is 16.2 Å². The van der Waals surface area contributed by atoms with E-state index in [2.05, 4.69) is 15.5 Å². The Morgan fingerprint density at radius 3 is 2.42 bits per heavy atom. The molecule has 1 saturated carbocycles. The van der Waals surface area contributed by atoms with Gasteiger partial charge in [0, 0.05) is 43.5 Å². The topological polar surface area (TPSA) is 83.4 Å². The van der Waals surface area contributed by atoms with Gasteiger partial charge in [0.25, 0.3) is 11.5 Å². The number of rotatable bonds is 6.